The Morgan fingerprint density at radius 1 is 1.06 bits per heavy atom. The van der Waals surface area contributed by atoms with Crippen molar-refractivity contribution in [1.29, 1.82) is 0 Å². The number of pyridine rings is 1. The number of benzene rings is 2. The minimum atomic E-state index is -0.284. The van der Waals surface area contributed by atoms with Gasteiger partial charge in [-0.2, -0.15) is 9.67 Å². The lowest BCUT2D eigenvalue weighted by Crippen LogP contribution is -2.17. The second-order valence-corrected chi connectivity index (χ2v) is 7.70. The van der Waals surface area contributed by atoms with Crippen LogP contribution < -0.4 is 10.1 Å². The second-order valence-electron chi connectivity index (χ2n) is 7.70. The van der Waals surface area contributed by atoms with Crippen molar-refractivity contribution >= 4 is 11.9 Å². The van der Waals surface area contributed by atoms with Gasteiger partial charge in [0.1, 0.15) is 5.75 Å². The monoisotopic (exact) mass is 427 g/mol. The maximum absolute atomic E-state index is 13.2. The molecular weight excluding hydrogens is 402 g/mol. The number of carbonyl (C=O) groups excluding carboxylic acids is 1. The van der Waals surface area contributed by atoms with E-state index in [0.717, 1.165) is 11.1 Å². The minimum Gasteiger partial charge on any atom is -0.497 e. The first-order valence-corrected chi connectivity index (χ1v) is 10.4. The van der Waals surface area contributed by atoms with Gasteiger partial charge >= 0.3 is 0 Å². The Bertz CT molecular complexity index is 1180. The lowest BCUT2D eigenvalue weighted by Gasteiger charge is -2.09. The normalized spacial score (nSPS) is 10.9. The summed E-state index contributed by atoms with van der Waals surface area (Å²) in [5.41, 5.74) is 3.59. The Morgan fingerprint density at radius 2 is 1.81 bits per heavy atom. The molecule has 0 saturated carbocycles. The molecule has 2 aromatic carbocycles. The third kappa shape index (κ3) is 4.67. The molecule has 0 aliphatic rings. The zero-order valence-electron chi connectivity index (χ0n) is 18.3. The Labute approximate surface area is 187 Å². The van der Waals surface area contributed by atoms with Gasteiger partial charge in [-0.1, -0.05) is 38.1 Å². The SMILES string of the molecule is COc1ccc(C(=O)n2nc(-c3cccnc3)nc2NCc2ccc(C(C)C)cc2)cc1. The van der Waals surface area contributed by atoms with Crippen LogP contribution in [0.2, 0.25) is 0 Å². The summed E-state index contributed by atoms with van der Waals surface area (Å²) in [6.45, 7) is 4.85. The van der Waals surface area contributed by atoms with E-state index in [9.17, 15) is 4.79 Å². The van der Waals surface area contributed by atoms with Crippen molar-refractivity contribution in [3.8, 4) is 17.1 Å². The lowest BCUT2D eigenvalue weighted by atomic mass is 10.0. The number of carbonyl (C=O) groups is 1. The summed E-state index contributed by atoms with van der Waals surface area (Å²) in [6, 6.07) is 19.0. The van der Waals surface area contributed by atoms with Crippen LogP contribution in [0.1, 0.15) is 41.3 Å². The molecule has 32 heavy (non-hydrogen) atoms. The van der Waals surface area contributed by atoms with E-state index in [4.69, 9.17) is 4.74 Å². The molecule has 0 aliphatic heterocycles. The fourth-order valence-corrected chi connectivity index (χ4v) is 3.24. The molecule has 0 fully saturated rings. The number of aromatic nitrogens is 4. The lowest BCUT2D eigenvalue weighted by molar-refractivity contribution is 0.0947. The van der Waals surface area contributed by atoms with Gasteiger partial charge in [-0.15, -0.1) is 5.10 Å². The van der Waals surface area contributed by atoms with Crippen LogP contribution in [0.15, 0.2) is 73.1 Å². The number of rotatable bonds is 7. The molecule has 1 N–H and O–H groups in total. The highest BCUT2D eigenvalue weighted by atomic mass is 16.5. The predicted molar refractivity (Wildman–Crippen MR) is 124 cm³/mol. The van der Waals surface area contributed by atoms with Crippen LogP contribution in [0.5, 0.6) is 5.75 Å². The van der Waals surface area contributed by atoms with E-state index in [1.165, 1.54) is 10.2 Å². The number of ether oxygens (including phenoxy) is 1. The first kappa shape index (κ1) is 21.2. The highest BCUT2D eigenvalue weighted by Crippen LogP contribution is 2.20. The van der Waals surface area contributed by atoms with E-state index < -0.39 is 0 Å². The summed E-state index contributed by atoms with van der Waals surface area (Å²) in [5.74, 6) is 1.67. The number of methoxy groups -OCH3 is 1. The van der Waals surface area contributed by atoms with Crippen molar-refractivity contribution in [2.45, 2.75) is 26.3 Å². The average Bonchev–Trinajstić information content (AvgIpc) is 3.27. The average molecular weight is 428 g/mol. The van der Waals surface area contributed by atoms with Crippen molar-refractivity contribution in [1.82, 2.24) is 19.7 Å². The summed E-state index contributed by atoms with van der Waals surface area (Å²) in [7, 11) is 1.59. The zero-order valence-corrected chi connectivity index (χ0v) is 18.3. The number of nitrogens with zero attached hydrogens (tertiary/aromatic N) is 4. The van der Waals surface area contributed by atoms with Gasteiger partial charge in [0.2, 0.25) is 5.95 Å². The van der Waals surface area contributed by atoms with Crippen LogP contribution in [0.4, 0.5) is 5.95 Å². The fourth-order valence-electron chi connectivity index (χ4n) is 3.24. The van der Waals surface area contributed by atoms with Gasteiger partial charge in [0, 0.05) is 30.1 Å². The molecule has 0 radical (unpaired) electrons. The Hall–Kier alpha value is -4.00. The molecule has 0 saturated heterocycles. The predicted octanol–water partition coefficient (Wildman–Crippen LogP) is 4.77. The summed E-state index contributed by atoms with van der Waals surface area (Å²) in [6.07, 6.45) is 3.36. The molecular formula is C25H25N5O2. The molecule has 4 aromatic rings. The molecule has 0 unspecified atom stereocenters. The highest BCUT2D eigenvalue weighted by Gasteiger charge is 2.19. The van der Waals surface area contributed by atoms with Crippen LogP contribution >= 0.6 is 0 Å². The van der Waals surface area contributed by atoms with Crippen LogP contribution in [-0.4, -0.2) is 32.8 Å². The van der Waals surface area contributed by atoms with Crippen LogP contribution in [-0.2, 0) is 6.54 Å². The molecule has 0 bridgehead atoms. The molecule has 2 heterocycles. The number of hydrogen-bond acceptors (Lipinski definition) is 6. The van der Waals surface area contributed by atoms with Crippen LogP contribution in [0, 0.1) is 0 Å². The zero-order chi connectivity index (χ0) is 22.5. The van der Waals surface area contributed by atoms with Gasteiger partial charge in [-0.25, -0.2) is 0 Å². The quantitative estimate of drug-likeness (QED) is 0.457. The smallest absolute Gasteiger partial charge is 0.281 e. The van der Waals surface area contributed by atoms with Gasteiger partial charge in [0.25, 0.3) is 5.91 Å². The summed E-state index contributed by atoms with van der Waals surface area (Å²) >= 11 is 0. The molecule has 0 amide bonds. The fraction of sp³-hybridized carbons (Fsp3) is 0.200. The van der Waals surface area contributed by atoms with Crippen molar-refractivity contribution in [3.63, 3.8) is 0 Å². The summed E-state index contributed by atoms with van der Waals surface area (Å²) < 4.78 is 6.48. The number of anilines is 1. The Morgan fingerprint density at radius 3 is 2.44 bits per heavy atom. The standard InChI is InChI=1S/C25H25N5O2/c1-17(2)19-8-6-18(7-9-19)15-27-25-28-23(21-5-4-14-26-16-21)29-30(25)24(31)20-10-12-22(32-3)13-11-20/h4-14,16-17H,15H2,1-3H3,(H,27,28,29). The van der Waals surface area contributed by atoms with E-state index >= 15 is 0 Å². The molecule has 7 nitrogen and oxygen atoms in total. The van der Waals surface area contributed by atoms with Crippen LogP contribution in [0.3, 0.4) is 0 Å². The van der Waals surface area contributed by atoms with Gasteiger partial charge in [-0.05, 0) is 53.4 Å². The van der Waals surface area contributed by atoms with E-state index in [0.29, 0.717) is 35.5 Å². The molecule has 0 atom stereocenters. The summed E-state index contributed by atoms with van der Waals surface area (Å²) in [5, 5.41) is 7.74. The third-order valence-electron chi connectivity index (χ3n) is 5.15. The van der Waals surface area contributed by atoms with E-state index in [1.54, 1.807) is 43.8 Å². The summed E-state index contributed by atoms with van der Waals surface area (Å²) in [4.78, 5) is 21.9. The molecule has 0 aliphatic carbocycles. The van der Waals surface area contributed by atoms with E-state index in [1.807, 2.05) is 12.1 Å². The minimum absolute atomic E-state index is 0.284. The molecule has 162 valence electrons. The molecule has 4 rings (SSSR count). The maximum atomic E-state index is 13.2. The van der Waals surface area contributed by atoms with Crippen molar-refractivity contribution < 1.29 is 9.53 Å². The van der Waals surface area contributed by atoms with Gasteiger partial charge in [0.15, 0.2) is 5.82 Å². The molecule has 2 aromatic heterocycles. The first-order valence-electron chi connectivity index (χ1n) is 10.4. The molecule has 0 spiro atoms. The first-order chi connectivity index (χ1) is 15.5. The van der Waals surface area contributed by atoms with Crippen molar-refractivity contribution in [2.75, 3.05) is 12.4 Å². The van der Waals surface area contributed by atoms with E-state index in [2.05, 4.69) is 58.5 Å². The Balaban J connectivity index is 1.63. The topological polar surface area (TPSA) is 81.9 Å². The van der Waals surface area contributed by atoms with Crippen molar-refractivity contribution in [2.24, 2.45) is 0 Å². The van der Waals surface area contributed by atoms with Gasteiger partial charge in [-0.3, -0.25) is 9.78 Å². The third-order valence-corrected chi connectivity index (χ3v) is 5.15. The largest absolute Gasteiger partial charge is 0.497 e. The highest BCUT2D eigenvalue weighted by molar-refractivity contribution is 5.97. The maximum Gasteiger partial charge on any atom is 0.281 e. The van der Waals surface area contributed by atoms with Gasteiger partial charge < -0.3 is 10.1 Å². The molecule has 7 heteroatoms. The van der Waals surface area contributed by atoms with Crippen LogP contribution in [0.25, 0.3) is 11.4 Å². The number of hydrogen-bond donors (Lipinski definition) is 1. The van der Waals surface area contributed by atoms with Crippen molar-refractivity contribution in [3.05, 3.63) is 89.7 Å². The second kappa shape index (κ2) is 9.43. The Kier molecular flexibility index (Phi) is 6.26. The van der Waals surface area contributed by atoms with Gasteiger partial charge in [0.05, 0.1) is 7.11 Å². The number of nitrogens with one attached hydrogen (secondary N) is 1. The van der Waals surface area contributed by atoms with E-state index in [-0.39, 0.29) is 5.91 Å².